The molecule has 0 spiro atoms. The second-order valence-electron chi connectivity index (χ2n) is 7.64. The van der Waals surface area contributed by atoms with E-state index in [0.29, 0.717) is 0 Å². The van der Waals surface area contributed by atoms with E-state index in [1.54, 1.807) is 12.1 Å². The van der Waals surface area contributed by atoms with E-state index in [4.69, 9.17) is 4.18 Å². The summed E-state index contributed by atoms with van der Waals surface area (Å²) in [6.45, 7) is 2.52. The zero-order valence-corrected chi connectivity index (χ0v) is 21.1. The van der Waals surface area contributed by atoms with Crippen molar-refractivity contribution < 1.29 is 12.6 Å². The van der Waals surface area contributed by atoms with Crippen LogP contribution in [-0.4, -0.2) is 52.8 Å². The van der Waals surface area contributed by atoms with Gasteiger partial charge in [-0.05, 0) is 17.9 Å². The Hall–Kier alpha value is -0.130. The van der Waals surface area contributed by atoms with Crippen molar-refractivity contribution in [3.8, 4) is 0 Å². The third kappa shape index (κ3) is 10.1. The zero-order chi connectivity index (χ0) is 20.1. The van der Waals surface area contributed by atoms with Crippen molar-refractivity contribution in [2.24, 2.45) is 0 Å². The van der Waals surface area contributed by atoms with Crippen molar-refractivity contribution >= 4 is 58.6 Å². The molecule has 0 saturated heterocycles. The molecule has 2 aromatic carbocycles. The van der Waals surface area contributed by atoms with Crippen molar-refractivity contribution in [1.29, 1.82) is 0 Å². The molecule has 0 heterocycles. The molecule has 0 amide bonds. The molecule has 0 aromatic heterocycles. The number of fused-ring (bicyclic) bond motifs is 1. The van der Waals surface area contributed by atoms with Gasteiger partial charge in [-0.25, -0.2) is 0 Å². The van der Waals surface area contributed by atoms with E-state index in [9.17, 15) is 8.42 Å². The SMILES string of the molecule is CCCCCCCCCCCCCCOS(=O)(=O)c1cccc2ccccc12.[Ca]. The summed E-state index contributed by atoms with van der Waals surface area (Å²) in [5, 5.41) is 1.64. The summed E-state index contributed by atoms with van der Waals surface area (Å²) in [4.78, 5) is 0.268. The number of rotatable bonds is 15. The van der Waals surface area contributed by atoms with Crippen LogP contribution in [0.4, 0.5) is 0 Å². The molecule has 0 saturated carbocycles. The van der Waals surface area contributed by atoms with E-state index in [-0.39, 0.29) is 49.2 Å². The number of hydrogen-bond acceptors (Lipinski definition) is 3. The molecule has 0 bridgehead atoms. The van der Waals surface area contributed by atoms with Crippen LogP contribution in [0.25, 0.3) is 10.8 Å². The quantitative estimate of drug-likeness (QED) is 0.171. The average Bonchev–Trinajstić information content (AvgIpc) is 2.71. The molecule has 2 rings (SSSR count). The van der Waals surface area contributed by atoms with Crippen molar-refractivity contribution in [2.45, 2.75) is 88.9 Å². The first-order valence-electron chi connectivity index (χ1n) is 11.0. The topological polar surface area (TPSA) is 43.4 Å². The second-order valence-corrected chi connectivity index (χ2v) is 9.23. The maximum absolute atomic E-state index is 12.5. The molecule has 0 aliphatic heterocycles. The van der Waals surface area contributed by atoms with Crippen LogP contribution in [-0.2, 0) is 14.3 Å². The Morgan fingerprint density at radius 1 is 0.690 bits per heavy atom. The summed E-state index contributed by atoms with van der Waals surface area (Å²) in [5.74, 6) is 0. The predicted octanol–water partition coefficient (Wildman–Crippen LogP) is 6.87. The third-order valence-electron chi connectivity index (χ3n) is 5.26. The third-order valence-corrected chi connectivity index (χ3v) is 6.63. The summed E-state index contributed by atoms with van der Waals surface area (Å²) in [6.07, 6.45) is 15.0. The standard InChI is InChI=1S/C24H36O3S.Ca/c1-2-3-4-5-6-7-8-9-10-11-12-15-21-27-28(25,26)24-20-16-18-22-17-13-14-19-23(22)24;/h13-14,16-20H,2-12,15,21H2,1H3;. The molecule has 5 heteroatoms. The van der Waals surface area contributed by atoms with Crippen molar-refractivity contribution in [3.05, 3.63) is 42.5 Å². The van der Waals surface area contributed by atoms with Crippen LogP contribution in [0.15, 0.2) is 47.4 Å². The van der Waals surface area contributed by atoms with Gasteiger partial charge in [-0.2, -0.15) is 8.42 Å². The van der Waals surface area contributed by atoms with Gasteiger partial charge in [0.05, 0.1) is 6.61 Å². The van der Waals surface area contributed by atoms with E-state index in [1.165, 1.54) is 57.8 Å². The molecular weight excluding hydrogens is 408 g/mol. The maximum Gasteiger partial charge on any atom is 0.297 e. The van der Waals surface area contributed by atoms with Crippen LogP contribution >= 0.6 is 0 Å². The fraction of sp³-hybridized carbons (Fsp3) is 0.583. The van der Waals surface area contributed by atoms with E-state index < -0.39 is 10.1 Å². The molecule has 0 fully saturated rings. The van der Waals surface area contributed by atoms with Gasteiger partial charge in [-0.15, -0.1) is 0 Å². The Labute approximate surface area is 207 Å². The Morgan fingerprint density at radius 2 is 1.21 bits per heavy atom. The predicted molar refractivity (Wildman–Crippen MR) is 124 cm³/mol. The van der Waals surface area contributed by atoms with Gasteiger partial charge in [0.1, 0.15) is 4.90 Å². The summed E-state index contributed by atoms with van der Waals surface area (Å²) in [7, 11) is -3.70. The molecule has 158 valence electrons. The fourth-order valence-electron chi connectivity index (χ4n) is 3.59. The largest absolute Gasteiger partial charge is 0.297 e. The van der Waals surface area contributed by atoms with Crippen molar-refractivity contribution in [2.75, 3.05) is 6.61 Å². The van der Waals surface area contributed by atoms with Crippen LogP contribution in [0, 0.1) is 0 Å². The molecule has 0 atom stereocenters. The van der Waals surface area contributed by atoms with E-state index in [1.807, 2.05) is 30.3 Å². The van der Waals surface area contributed by atoms with Gasteiger partial charge in [0, 0.05) is 43.1 Å². The van der Waals surface area contributed by atoms with Gasteiger partial charge in [0.2, 0.25) is 0 Å². The summed E-state index contributed by atoms with van der Waals surface area (Å²) in [6, 6.07) is 12.8. The van der Waals surface area contributed by atoms with Gasteiger partial charge in [0.15, 0.2) is 0 Å². The van der Waals surface area contributed by atoms with E-state index in [0.717, 1.165) is 30.0 Å². The van der Waals surface area contributed by atoms with Crippen molar-refractivity contribution in [1.82, 2.24) is 0 Å². The minimum atomic E-state index is -3.70. The van der Waals surface area contributed by atoms with Crippen LogP contribution in [0.1, 0.15) is 84.0 Å². The number of benzene rings is 2. The monoisotopic (exact) mass is 444 g/mol. The van der Waals surface area contributed by atoms with E-state index in [2.05, 4.69) is 6.92 Å². The smallest absolute Gasteiger partial charge is 0.266 e. The van der Waals surface area contributed by atoms with E-state index >= 15 is 0 Å². The Morgan fingerprint density at radius 3 is 1.83 bits per heavy atom. The van der Waals surface area contributed by atoms with Crippen LogP contribution in [0.3, 0.4) is 0 Å². The second kappa shape index (κ2) is 15.6. The Bertz CT molecular complexity index is 784. The van der Waals surface area contributed by atoms with Gasteiger partial charge < -0.3 is 0 Å². The molecule has 0 N–H and O–H groups in total. The molecule has 2 aromatic rings. The van der Waals surface area contributed by atoms with Crippen LogP contribution in [0.5, 0.6) is 0 Å². The Balaban J connectivity index is 0.00000420. The van der Waals surface area contributed by atoms with Crippen LogP contribution in [0.2, 0.25) is 0 Å². The summed E-state index contributed by atoms with van der Waals surface area (Å²) < 4.78 is 30.3. The first-order chi connectivity index (χ1) is 13.6. The molecule has 29 heavy (non-hydrogen) atoms. The first kappa shape index (κ1) is 26.9. The zero-order valence-electron chi connectivity index (χ0n) is 18.1. The summed E-state index contributed by atoms with van der Waals surface area (Å²) >= 11 is 0. The Kier molecular flexibility index (Phi) is 14.5. The molecule has 0 aliphatic carbocycles. The minimum Gasteiger partial charge on any atom is -0.266 e. The minimum absolute atomic E-state index is 0. The normalized spacial score (nSPS) is 11.5. The average molecular weight is 445 g/mol. The number of unbranched alkanes of at least 4 members (excludes halogenated alkanes) is 11. The summed E-state index contributed by atoms with van der Waals surface area (Å²) in [5.41, 5.74) is 0. The number of hydrogen-bond donors (Lipinski definition) is 0. The molecular formula is C24H36CaO3S. The van der Waals surface area contributed by atoms with Gasteiger partial charge in [-0.3, -0.25) is 4.18 Å². The molecule has 2 radical (unpaired) electrons. The van der Waals surface area contributed by atoms with Gasteiger partial charge >= 0.3 is 0 Å². The maximum atomic E-state index is 12.5. The molecule has 3 nitrogen and oxygen atoms in total. The van der Waals surface area contributed by atoms with Crippen LogP contribution < -0.4 is 0 Å². The van der Waals surface area contributed by atoms with Crippen molar-refractivity contribution in [3.63, 3.8) is 0 Å². The molecule has 0 aliphatic rings. The van der Waals surface area contributed by atoms with Gasteiger partial charge in [0.25, 0.3) is 10.1 Å². The molecule has 0 unspecified atom stereocenters. The fourth-order valence-corrected chi connectivity index (χ4v) is 4.75. The first-order valence-corrected chi connectivity index (χ1v) is 12.4. The van der Waals surface area contributed by atoms with Gasteiger partial charge in [-0.1, -0.05) is 114 Å².